The highest BCUT2D eigenvalue weighted by molar-refractivity contribution is 6.30. The number of halogens is 1. The molecule has 0 aliphatic heterocycles. The van der Waals surface area contributed by atoms with Gasteiger partial charge in [0.15, 0.2) is 5.69 Å². The molecule has 0 atom stereocenters. The number of aryl methyl sites for hydroxylation is 3. The van der Waals surface area contributed by atoms with E-state index in [1.165, 1.54) is 0 Å². The molecule has 0 aliphatic carbocycles. The first-order chi connectivity index (χ1) is 15.4. The van der Waals surface area contributed by atoms with Crippen molar-refractivity contribution in [2.24, 2.45) is 0 Å². The van der Waals surface area contributed by atoms with Crippen LogP contribution in [0.5, 0.6) is 5.75 Å². The number of carbonyl (C=O) groups is 1. The number of anilines is 1. The second kappa shape index (κ2) is 9.28. The van der Waals surface area contributed by atoms with E-state index in [9.17, 15) is 4.79 Å². The molecule has 0 radical (unpaired) electrons. The van der Waals surface area contributed by atoms with Crippen molar-refractivity contribution in [1.29, 1.82) is 0 Å². The van der Waals surface area contributed by atoms with Crippen LogP contribution in [0, 0.1) is 20.8 Å². The summed E-state index contributed by atoms with van der Waals surface area (Å²) >= 11 is 5.93. The molecule has 2 aromatic carbocycles. The summed E-state index contributed by atoms with van der Waals surface area (Å²) in [5.41, 5.74) is 4.63. The molecule has 0 saturated carbocycles. The van der Waals surface area contributed by atoms with Crippen molar-refractivity contribution < 1.29 is 14.1 Å². The summed E-state index contributed by atoms with van der Waals surface area (Å²) in [5, 5.41) is 11.6. The minimum atomic E-state index is -0.361. The molecule has 32 heavy (non-hydrogen) atoms. The Bertz CT molecular complexity index is 1260. The van der Waals surface area contributed by atoms with Gasteiger partial charge in [-0.1, -0.05) is 46.6 Å². The number of rotatable bonds is 7. The average molecular weight is 451 g/mol. The van der Waals surface area contributed by atoms with E-state index in [1.54, 1.807) is 24.0 Å². The Hall–Kier alpha value is -3.58. The van der Waals surface area contributed by atoms with Gasteiger partial charge in [-0.25, -0.2) is 0 Å². The monoisotopic (exact) mass is 450 g/mol. The molecule has 4 rings (SSSR count). The van der Waals surface area contributed by atoms with Crippen LogP contribution in [0.1, 0.15) is 38.5 Å². The summed E-state index contributed by atoms with van der Waals surface area (Å²) in [4.78, 5) is 12.9. The van der Waals surface area contributed by atoms with Gasteiger partial charge in [0, 0.05) is 11.9 Å². The van der Waals surface area contributed by atoms with Crippen LogP contribution in [0.2, 0.25) is 5.02 Å². The topological polar surface area (TPSA) is 82.2 Å². The van der Waals surface area contributed by atoms with Crippen LogP contribution in [0.4, 0.5) is 5.69 Å². The maximum atomic E-state index is 12.9. The Morgan fingerprint density at radius 2 is 2.03 bits per heavy atom. The highest BCUT2D eigenvalue weighted by Crippen LogP contribution is 2.23. The fourth-order valence-corrected chi connectivity index (χ4v) is 3.56. The van der Waals surface area contributed by atoms with Gasteiger partial charge in [-0.05, 0) is 50.1 Å². The van der Waals surface area contributed by atoms with Crippen molar-refractivity contribution in [2.45, 2.75) is 33.9 Å². The number of nitrogens with one attached hydrogen (secondary N) is 1. The number of hydrogen-bond acceptors (Lipinski definition) is 5. The molecule has 0 bridgehead atoms. The molecule has 0 spiro atoms. The molecule has 7 nitrogen and oxygen atoms in total. The van der Waals surface area contributed by atoms with Gasteiger partial charge in [0.05, 0.1) is 23.3 Å². The van der Waals surface area contributed by atoms with E-state index in [4.69, 9.17) is 20.9 Å². The van der Waals surface area contributed by atoms with Gasteiger partial charge < -0.3 is 14.6 Å². The minimum absolute atomic E-state index is 0.183. The molecule has 0 aliphatic rings. The van der Waals surface area contributed by atoms with Gasteiger partial charge in [-0.3, -0.25) is 9.48 Å². The molecule has 2 heterocycles. The quantitative estimate of drug-likeness (QED) is 0.411. The Morgan fingerprint density at radius 3 is 2.78 bits per heavy atom. The number of benzene rings is 2. The van der Waals surface area contributed by atoms with Crippen molar-refractivity contribution in [1.82, 2.24) is 14.9 Å². The predicted molar refractivity (Wildman–Crippen MR) is 122 cm³/mol. The molecule has 2 aromatic heterocycles. The highest BCUT2D eigenvalue weighted by atomic mass is 35.5. The molecule has 4 aromatic rings. The summed E-state index contributed by atoms with van der Waals surface area (Å²) in [7, 11) is 0. The van der Waals surface area contributed by atoms with E-state index >= 15 is 0 Å². The first-order valence-electron chi connectivity index (χ1n) is 10.1. The van der Waals surface area contributed by atoms with E-state index in [-0.39, 0.29) is 18.2 Å². The van der Waals surface area contributed by atoms with Crippen molar-refractivity contribution in [3.8, 4) is 5.75 Å². The van der Waals surface area contributed by atoms with Gasteiger partial charge in [0.25, 0.3) is 5.91 Å². The van der Waals surface area contributed by atoms with E-state index in [0.29, 0.717) is 28.6 Å². The van der Waals surface area contributed by atoms with Crippen molar-refractivity contribution >= 4 is 23.2 Å². The smallest absolute Gasteiger partial charge is 0.278 e. The third-order valence-electron chi connectivity index (χ3n) is 5.03. The Kier molecular flexibility index (Phi) is 6.28. The normalized spacial score (nSPS) is 10.9. The molecular formula is C24H23ClN4O3. The SMILES string of the molecule is Cc1ccc(OCc2c(C(=O)Nc3cccc(Cn4cc(Cl)cn4)c3)noc2C)c(C)c1. The number of hydrogen-bond donors (Lipinski definition) is 1. The maximum Gasteiger partial charge on any atom is 0.278 e. The van der Waals surface area contributed by atoms with Gasteiger partial charge in [0.1, 0.15) is 18.1 Å². The third-order valence-corrected chi connectivity index (χ3v) is 5.23. The van der Waals surface area contributed by atoms with Crippen molar-refractivity contribution in [3.63, 3.8) is 0 Å². The summed E-state index contributed by atoms with van der Waals surface area (Å²) in [6.07, 6.45) is 3.33. The van der Waals surface area contributed by atoms with Crippen LogP contribution in [0.25, 0.3) is 0 Å². The van der Waals surface area contributed by atoms with Crippen molar-refractivity contribution in [2.75, 3.05) is 5.32 Å². The van der Waals surface area contributed by atoms with Crippen LogP contribution in [-0.2, 0) is 13.2 Å². The van der Waals surface area contributed by atoms with E-state index in [1.807, 2.05) is 56.3 Å². The zero-order valence-electron chi connectivity index (χ0n) is 18.1. The minimum Gasteiger partial charge on any atom is -0.488 e. The first-order valence-corrected chi connectivity index (χ1v) is 10.5. The highest BCUT2D eigenvalue weighted by Gasteiger charge is 2.21. The second-order valence-electron chi connectivity index (χ2n) is 7.63. The molecule has 0 fully saturated rings. The molecule has 1 N–H and O–H groups in total. The van der Waals surface area contributed by atoms with Crippen LogP contribution < -0.4 is 10.1 Å². The maximum absolute atomic E-state index is 12.9. The third kappa shape index (κ3) is 5.00. The zero-order valence-corrected chi connectivity index (χ0v) is 18.8. The van der Waals surface area contributed by atoms with Gasteiger partial charge in [-0.15, -0.1) is 0 Å². The molecule has 164 valence electrons. The summed E-state index contributed by atoms with van der Waals surface area (Å²) in [6.45, 7) is 6.50. The summed E-state index contributed by atoms with van der Waals surface area (Å²) in [6, 6.07) is 13.5. The largest absolute Gasteiger partial charge is 0.488 e. The Labute approximate surface area is 190 Å². The van der Waals surface area contributed by atoms with E-state index in [0.717, 1.165) is 22.4 Å². The van der Waals surface area contributed by atoms with Crippen LogP contribution in [0.3, 0.4) is 0 Å². The van der Waals surface area contributed by atoms with Gasteiger partial charge in [-0.2, -0.15) is 5.10 Å². The average Bonchev–Trinajstić information content (AvgIpc) is 3.32. The molecule has 1 amide bonds. The second-order valence-corrected chi connectivity index (χ2v) is 8.07. The fourth-order valence-electron chi connectivity index (χ4n) is 3.40. The summed E-state index contributed by atoms with van der Waals surface area (Å²) in [5.74, 6) is 0.943. The lowest BCUT2D eigenvalue weighted by Gasteiger charge is -2.10. The van der Waals surface area contributed by atoms with Crippen LogP contribution in [0.15, 0.2) is 59.4 Å². The lowest BCUT2D eigenvalue weighted by atomic mass is 10.1. The molecular weight excluding hydrogens is 428 g/mol. The van der Waals surface area contributed by atoms with Gasteiger partial charge >= 0.3 is 0 Å². The van der Waals surface area contributed by atoms with E-state index < -0.39 is 0 Å². The Morgan fingerprint density at radius 1 is 1.19 bits per heavy atom. The summed E-state index contributed by atoms with van der Waals surface area (Å²) < 4.78 is 13.0. The fraction of sp³-hybridized carbons (Fsp3) is 0.208. The first kappa shape index (κ1) is 21.6. The molecule has 0 unspecified atom stereocenters. The van der Waals surface area contributed by atoms with Crippen molar-refractivity contribution in [3.05, 3.63) is 93.6 Å². The standard InChI is InChI=1S/C24H23ClN4O3/c1-15-7-8-22(16(2)9-15)31-14-21-17(3)32-28-23(21)24(30)27-20-6-4-5-18(10-20)12-29-13-19(25)11-26-29/h4-11,13H,12,14H2,1-3H3,(H,27,30). The number of carbonyl (C=O) groups excluding carboxylic acids is 1. The molecule has 0 saturated heterocycles. The van der Waals surface area contributed by atoms with E-state index in [2.05, 4.69) is 15.6 Å². The zero-order chi connectivity index (χ0) is 22.7. The number of nitrogens with zero attached hydrogens (tertiary/aromatic N) is 3. The van der Waals surface area contributed by atoms with Crippen LogP contribution in [-0.4, -0.2) is 20.8 Å². The lowest BCUT2D eigenvalue weighted by molar-refractivity contribution is 0.101. The Balaban J connectivity index is 1.46. The number of ether oxygens (including phenoxy) is 1. The van der Waals surface area contributed by atoms with Crippen LogP contribution >= 0.6 is 11.6 Å². The lowest BCUT2D eigenvalue weighted by Crippen LogP contribution is -2.15. The number of aromatic nitrogens is 3. The molecule has 8 heteroatoms. The predicted octanol–water partition coefficient (Wildman–Crippen LogP) is 5.33. The number of amides is 1. The van der Waals surface area contributed by atoms with Gasteiger partial charge in [0.2, 0.25) is 0 Å².